The summed E-state index contributed by atoms with van der Waals surface area (Å²) in [5.41, 5.74) is 2.45. The van der Waals surface area contributed by atoms with E-state index in [1.165, 1.54) is 0 Å². The average molecular weight is 282 g/mol. The predicted octanol–water partition coefficient (Wildman–Crippen LogP) is 3.06. The fraction of sp³-hybridized carbons (Fsp3) is 0.312. The molecule has 3 aromatic rings. The molecule has 0 bridgehead atoms. The van der Waals surface area contributed by atoms with Crippen LogP contribution in [0.15, 0.2) is 36.8 Å². The van der Waals surface area contributed by atoms with E-state index in [4.69, 9.17) is 0 Å². The lowest BCUT2D eigenvalue weighted by Crippen LogP contribution is -2.06. The number of carbonyl (C=O) groups is 1. The molecule has 0 saturated carbocycles. The molecule has 3 heterocycles. The highest BCUT2D eigenvalue weighted by Gasteiger charge is 2.11. The van der Waals surface area contributed by atoms with Crippen LogP contribution in [0.1, 0.15) is 42.4 Å². The van der Waals surface area contributed by atoms with E-state index in [0.717, 1.165) is 29.4 Å². The van der Waals surface area contributed by atoms with Crippen molar-refractivity contribution in [1.29, 1.82) is 0 Å². The zero-order valence-corrected chi connectivity index (χ0v) is 12.2. The second kappa shape index (κ2) is 5.52. The van der Waals surface area contributed by atoms with E-state index in [9.17, 15) is 4.79 Å². The molecule has 3 rings (SSSR count). The van der Waals surface area contributed by atoms with E-state index in [1.807, 2.05) is 39.8 Å². The maximum Gasteiger partial charge on any atom is 0.152 e. The zero-order chi connectivity index (χ0) is 14.8. The Bertz CT molecular complexity index is 772. The van der Waals surface area contributed by atoms with Gasteiger partial charge in [0, 0.05) is 35.6 Å². The summed E-state index contributed by atoms with van der Waals surface area (Å²) in [6.45, 7) is 4.91. The molecule has 0 aliphatic carbocycles. The Balaban J connectivity index is 1.95. The van der Waals surface area contributed by atoms with Gasteiger partial charge in [0.05, 0.1) is 12.2 Å². The molecular formula is C16H18N4O. The van der Waals surface area contributed by atoms with Crippen LogP contribution in [0.4, 0.5) is 0 Å². The molecule has 0 aliphatic heterocycles. The number of aldehydes is 1. The minimum Gasteiger partial charge on any atom is -0.326 e. The number of aromatic nitrogens is 4. The number of carbonyl (C=O) groups excluding carboxylic acids is 1. The third-order valence-electron chi connectivity index (χ3n) is 3.83. The van der Waals surface area contributed by atoms with Gasteiger partial charge >= 0.3 is 0 Å². The van der Waals surface area contributed by atoms with Crippen LogP contribution in [0.2, 0.25) is 0 Å². The van der Waals surface area contributed by atoms with Crippen molar-refractivity contribution in [2.45, 2.75) is 32.9 Å². The van der Waals surface area contributed by atoms with E-state index in [-0.39, 0.29) is 0 Å². The Kier molecular flexibility index (Phi) is 3.56. The van der Waals surface area contributed by atoms with Crippen LogP contribution in [-0.2, 0) is 6.54 Å². The first-order valence-electron chi connectivity index (χ1n) is 7.16. The van der Waals surface area contributed by atoms with E-state index in [2.05, 4.69) is 23.9 Å². The molecule has 5 heteroatoms. The van der Waals surface area contributed by atoms with Gasteiger partial charge in [0.15, 0.2) is 6.29 Å². The number of pyridine rings is 1. The highest BCUT2D eigenvalue weighted by Crippen LogP contribution is 2.19. The summed E-state index contributed by atoms with van der Waals surface area (Å²) < 4.78 is 3.96. The first-order chi connectivity index (χ1) is 10.2. The maximum atomic E-state index is 11.2. The van der Waals surface area contributed by atoms with Crippen LogP contribution in [0.5, 0.6) is 0 Å². The maximum absolute atomic E-state index is 11.2. The SMILES string of the molecule is CCC(C)n1ccc(Cn2cc(C=O)c3cccnc32)n1. The van der Waals surface area contributed by atoms with Gasteiger partial charge in [-0.3, -0.25) is 9.48 Å². The Morgan fingerprint density at radius 2 is 2.24 bits per heavy atom. The second-order valence-electron chi connectivity index (χ2n) is 5.25. The van der Waals surface area contributed by atoms with Gasteiger partial charge in [0.25, 0.3) is 0 Å². The summed E-state index contributed by atoms with van der Waals surface area (Å²) in [5, 5.41) is 5.48. The molecule has 1 atom stereocenters. The van der Waals surface area contributed by atoms with E-state index in [0.29, 0.717) is 18.2 Å². The van der Waals surface area contributed by atoms with Gasteiger partial charge in [-0.1, -0.05) is 6.92 Å². The van der Waals surface area contributed by atoms with Crippen LogP contribution in [0, 0.1) is 0 Å². The number of fused-ring (bicyclic) bond motifs is 1. The monoisotopic (exact) mass is 282 g/mol. The van der Waals surface area contributed by atoms with Crippen LogP contribution < -0.4 is 0 Å². The summed E-state index contributed by atoms with van der Waals surface area (Å²) in [6, 6.07) is 6.17. The second-order valence-corrected chi connectivity index (χ2v) is 5.25. The molecule has 5 nitrogen and oxygen atoms in total. The fourth-order valence-electron chi connectivity index (χ4n) is 2.43. The average Bonchev–Trinajstić information content (AvgIpc) is 3.12. The third-order valence-corrected chi connectivity index (χ3v) is 3.83. The van der Waals surface area contributed by atoms with Gasteiger partial charge in [0.2, 0.25) is 0 Å². The van der Waals surface area contributed by atoms with Crippen LogP contribution in [-0.4, -0.2) is 25.6 Å². The minimum absolute atomic E-state index is 0.392. The molecule has 0 aliphatic rings. The van der Waals surface area contributed by atoms with Crippen molar-refractivity contribution < 1.29 is 4.79 Å². The highest BCUT2D eigenvalue weighted by atomic mass is 16.1. The molecule has 1 unspecified atom stereocenters. The van der Waals surface area contributed by atoms with E-state index < -0.39 is 0 Å². The lowest BCUT2D eigenvalue weighted by Gasteiger charge is -2.08. The van der Waals surface area contributed by atoms with Gasteiger partial charge in [-0.2, -0.15) is 5.10 Å². The predicted molar refractivity (Wildman–Crippen MR) is 81.5 cm³/mol. The molecule has 0 fully saturated rings. The normalized spacial score (nSPS) is 12.7. The molecule has 3 aromatic heterocycles. The van der Waals surface area contributed by atoms with Gasteiger partial charge in [-0.15, -0.1) is 0 Å². The molecular weight excluding hydrogens is 264 g/mol. The number of hydrogen-bond donors (Lipinski definition) is 0. The molecule has 0 N–H and O–H groups in total. The van der Waals surface area contributed by atoms with Crippen molar-refractivity contribution in [3.63, 3.8) is 0 Å². The van der Waals surface area contributed by atoms with E-state index in [1.54, 1.807) is 6.20 Å². The fourth-order valence-corrected chi connectivity index (χ4v) is 2.43. The largest absolute Gasteiger partial charge is 0.326 e. The first kappa shape index (κ1) is 13.5. The summed E-state index contributed by atoms with van der Waals surface area (Å²) in [5.74, 6) is 0. The Morgan fingerprint density at radius 3 is 3.00 bits per heavy atom. The summed E-state index contributed by atoms with van der Waals surface area (Å²) in [6.07, 6.45) is 7.50. The van der Waals surface area contributed by atoms with Gasteiger partial charge in [0.1, 0.15) is 5.65 Å². The van der Waals surface area contributed by atoms with Crippen molar-refractivity contribution in [1.82, 2.24) is 19.3 Å². The number of hydrogen-bond acceptors (Lipinski definition) is 3. The Labute approximate surface area is 123 Å². The lowest BCUT2D eigenvalue weighted by atomic mass is 10.2. The Hall–Kier alpha value is -2.43. The highest BCUT2D eigenvalue weighted by molar-refractivity contribution is 5.95. The molecule has 0 radical (unpaired) electrons. The first-order valence-corrected chi connectivity index (χ1v) is 7.16. The third kappa shape index (κ3) is 2.46. The summed E-state index contributed by atoms with van der Waals surface area (Å²) in [7, 11) is 0. The standard InChI is InChI=1S/C16H18N4O/c1-3-12(2)20-8-6-14(18-20)10-19-9-13(11-21)15-5-4-7-17-16(15)19/h4-9,11-12H,3,10H2,1-2H3. The smallest absolute Gasteiger partial charge is 0.152 e. The molecule has 0 spiro atoms. The summed E-state index contributed by atoms with van der Waals surface area (Å²) >= 11 is 0. The van der Waals surface area contributed by atoms with Crippen molar-refractivity contribution in [2.75, 3.05) is 0 Å². The Morgan fingerprint density at radius 1 is 1.38 bits per heavy atom. The van der Waals surface area contributed by atoms with E-state index >= 15 is 0 Å². The van der Waals surface area contributed by atoms with Crippen molar-refractivity contribution in [3.05, 3.63) is 48.0 Å². The van der Waals surface area contributed by atoms with Gasteiger partial charge < -0.3 is 4.57 Å². The molecule has 0 saturated heterocycles. The topological polar surface area (TPSA) is 52.7 Å². The number of rotatable bonds is 5. The van der Waals surface area contributed by atoms with Crippen LogP contribution in [0.25, 0.3) is 11.0 Å². The van der Waals surface area contributed by atoms with Crippen LogP contribution in [0.3, 0.4) is 0 Å². The summed E-state index contributed by atoms with van der Waals surface area (Å²) in [4.78, 5) is 15.5. The molecule has 108 valence electrons. The van der Waals surface area contributed by atoms with Crippen molar-refractivity contribution >= 4 is 17.3 Å². The molecule has 21 heavy (non-hydrogen) atoms. The lowest BCUT2D eigenvalue weighted by molar-refractivity contribution is 0.112. The molecule has 0 aromatic carbocycles. The van der Waals surface area contributed by atoms with Crippen LogP contribution >= 0.6 is 0 Å². The van der Waals surface area contributed by atoms with Crippen molar-refractivity contribution in [3.8, 4) is 0 Å². The quantitative estimate of drug-likeness (QED) is 0.676. The minimum atomic E-state index is 0.392. The number of nitrogens with zero attached hydrogens (tertiary/aromatic N) is 4. The molecule has 0 amide bonds. The zero-order valence-electron chi connectivity index (χ0n) is 12.2. The van der Waals surface area contributed by atoms with Crippen molar-refractivity contribution in [2.24, 2.45) is 0 Å². The van der Waals surface area contributed by atoms with Gasteiger partial charge in [-0.25, -0.2) is 4.98 Å². The van der Waals surface area contributed by atoms with Gasteiger partial charge in [-0.05, 0) is 31.5 Å².